The number of aromatic nitrogens is 2. The Labute approximate surface area is 128 Å². The van der Waals surface area contributed by atoms with Gasteiger partial charge < -0.3 is 10.6 Å². The zero-order valence-electron chi connectivity index (χ0n) is 12.0. The molecule has 5 nitrogen and oxygen atoms in total. The lowest BCUT2D eigenvalue weighted by atomic mass is 10.2. The monoisotopic (exact) mass is 304 g/mol. The highest BCUT2D eigenvalue weighted by Crippen LogP contribution is 2.23. The molecule has 0 fully saturated rings. The lowest BCUT2D eigenvalue weighted by molar-refractivity contribution is 0.102. The van der Waals surface area contributed by atoms with Gasteiger partial charge in [0.05, 0.1) is 12.4 Å². The molecule has 1 amide bonds. The summed E-state index contributed by atoms with van der Waals surface area (Å²) in [4.78, 5) is 20.4. The topological polar surface area (TPSA) is 66.9 Å². The summed E-state index contributed by atoms with van der Waals surface area (Å²) in [5.41, 5.74) is 1.75. The Morgan fingerprint density at radius 3 is 2.76 bits per heavy atom. The Hall–Kier alpha value is -2.14. The van der Waals surface area contributed by atoms with Crippen molar-refractivity contribution >= 4 is 29.0 Å². The Morgan fingerprint density at radius 2 is 2.10 bits per heavy atom. The zero-order valence-corrected chi connectivity index (χ0v) is 12.7. The summed E-state index contributed by atoms with van der Waals surface area (Å²) in [6.07, 6.45) is 4.00. The maximum Gasteiger partial charge on any atom is 0.275 e. The van der Waals surface area contributed by atoms with Gasteiger partial charge in [-0.25, -0.2) is 9.97 Å². The normalized spacial score (nSPS) is 10.2. The number of nitrogens with one attached hydrogen (secondary N) is 2. The first-order valence-corrected chi connectivity index (χ1v) is 7.12. The van der Waals surface area contributed by atoms with E-state index in [0.717, 1.165) is 18.5 Å². The molecule has 0 aliphatic rings. The summed E-state index contributed by atoms with van der Waals surface area (Å²) >= 11 is 6.03. The maximum absolute atomic E-state index is 12.1. The average Bonchev–Trinajstić information content (AvgIpc) is 2.50. The Balaban J connectivity index is 2.08. The average molecular weight is 305 g/mol. The molecule has 0 aliphatic carbocycles. The van der Waals surface area contributed by atoms with Crippen LogP contribution in [0.4, 0.5) is 11.5 Å². The van der Waals surface area contributed by atoms with Gasteiger partial charge in [-0.1, -0.05) is 24.6 Å². The molecule has 1 aromatic carbocycles. The van der Waals surface area contributed by atoms with Crippen LogP contribution in [0.1, 0.15) is 29.4 Å². The van der Waals surface area contributed by atoms with E-state index < -0.39 is 0 Å². The van der Waals surface area contributed by atoms with Gasteiger partial charge >= 0.3 is 0 Å². The minimum absolute atomic E-state index is 0.261. The molecular formula is C15H17ClN4O. The second-order valence-electron chi connectivity index (χ2n) is 4.58. The molecule has 0 saturated carbocycles. The van der Waals surface area contributed by atoms with Crippen LogP contribution < -0.4 is 10.6 Å². The van der Waals surface area contributed by atoms with Crippen molar-refractivity contribution in [3.8, 4) is 0 Å². The predicted octanol–water partition coefficient (Wildman–Crippen LogP) is 3.51. The molecule has 1 heterocycles. The second-order valence-corrected chi connectivity index (χ2v) is 4.99. The van der Waals surface area contributed by atoms with E-state index in [0.29, 0.717) is 16.5 Å². The quantitative estimate of drug-likeness (QED) is 0.887. The lowest BCUT2D eigenvalue weighted by Crippen LogP contribution is -2.15. The number of benzene rings is 1. The van der Waals surface area contributed by atoms with Crippen molar-refractivity contribution in [1.82, 2.24) is 9.97 Å². The van der Waals surface area contributed by atoms with E-state index in [-0.39, 0.29) is 11.6 Å². The third-order valence-corrected chi connectivity index (χ3v) is 3.37. The van der Waals surface area contributed by atoms with Crippen molar-refractivity contribution in [2.45, 2.75) is 20.3 Å². The van der Waals surface area contributed by atoms with Gasteiger partial charge in [-0.3, -0.25) is 4.79 Å². The molecule has 21 heavy (non-hydrogen) atoms. The Morgan fingerprint density at radius 1 is 1.29 bits per heavy atom. The Kier molecular flexibility index (Phi) is 5.11. The molecule has 0 spiro atoms. The van der Waals surface area contributed by atoms with Crippen LogP contribution in [-0.2, 0) is 0 Å². The molecule has 2 rings (SSSR count). The number of nitrogens with zero attached hydrogens (tertiary/aromatic N) is 2. The highest BCUT2D eigenvalue weighted by Gasteiger charge is 2.10. The maximum atomic E-state index is 12.1. The van der Waals surface area contributed by atoms with Crippen molar-refractivity contribution in [2.24, 2.45) is 0 Å². The molecule has 0 radical (unpaired) electrons. The molecule has 6 heteroatoms. The number of hydrogen-bond acceptors (Lipinski definition) is 4. The molecule has 1 aromatic heterocycles. The number of carbonyl (C=O) groups is 1. The van der Waals surface area contributed by atoms with Crippen LogP contribution in [0.3, 0.4) is 0 Å². The van der Waals surface area contributed by atoms with Crippen molar-refractivity contribution in [1.29, 1.82) is 0 Å². The van der Waals surface area contributed by atoms with Crippen LogP contribution in [0.2, 0.25) is 5.02 Å². The largest absolute Gasteiger partial charge is 0.369 e. The van der Waals surface area contributed by atoms with Gasteiger partial charge in [-0.15, -0.1) is 0 Å². The van der Waals surface area contributed by atoms with Crippen LogP contribution >= 0.6 is 11.6 Å². The third-order valence-electron chi connectivity index (χ3n) is 2.96. The van der Waals surface area contributed by atoms with Gasteiger partial charge in [0.2, 0.25) is 0 Å². The number of hydrogen-bond donors (Lipinski definition) is 2. The number of rotatable bonds is 5. The minimum Gasteiger partial charge on any atom is -0.369 e. The molecule has 2 aromatic rings. The fourth-order valence-corrected chi connectivity index (χ4v) is 1.89. The van der Waals surface area contributed by atoms with Gasteiger partial charge in [0.15, 0.2) is 0 Å². The molecule has 0 saturated heterocycles. The van der Waals surface area contributed by atoms with Crippen LogP contribution in [-0.4, -0.2) is 22.4 Å². The van der Waals surface area contributed by atoms with E-state index in [1.165, 1.54) is 6.20 Å². The smallest absolute Gasteiger partial charge is 0.275 e. The summed E-state index contributed by atoms with van der Waals surface area (Å²) < 4.78 is 0. The van der Waals surface area contributed by atoms with Crippen LogP contribution in [0.15, 0.2) is 30.6 Å². The summed E-state index contributed by atoms with van der Waals surface area (Å²) in [6.45, 7) is 4.74. The number of anilines is 2. The standard InChI is InChI=1S/C15H17ClN4O/c1-3-7-17-14-9-18-13(8-19-14)15(21)20-12-6-4-5-11(16)10(12)2/h4-6,8-9H,3,7H2,1-2H3,(H,17,19)(H,20,21). The molecule has 0 atom stereocenters. The summed E-state index contributed by atoms with van der Waals surface area (Å²) in [5.74, 6) is 0.349. The van der Waals surface area contributed by atoms with Gasteiger partial charge in [0, 0.05) is 17.3 Å². The predicted molar refractivity (Wildman–Crippen MR) is 85.0 cm³/mol. The highest BCUT2D eigenvalue weighted by molar-refractivity contribution is 6.31. The summed E-state index contributed by atoms with van der Waals surface area (Å²) in [5, 5.41) is 6.50. The first-order chi connectivity index (χ1) is 10.1. The first kappa shape index (κ1) is 15.3. The van der Waals surface area contributed by atoms with E-state index in [1.807, 2.05) is 6.92 Å². The van der Waals surface area contributed by atoms with Crippen molar-refractivity contribution in [3.05, 3.63) is 46.9 Å². The summed E-state index contributed by atoms with van der Waals surface area (Å²) in [7, 11) is 0. The van der Waals surface area contributed by atoms with Crippen LogP contribution in [0.25, 0.3) is 0 Å². The van der Waals surface area contributed by atoms with E-state index >= 15 is 0 Å². The molecule has 0 bridgehead atoms. The minimum atomic E-state index is -0.310. The van der Waals surface area contributed by atoms with E-state index in [4.69, 9.17) is 11.6 Å². The molecule has 0 aliphatic heterocycles. The van der Waals surface area contributed by atoms with Crippen molar-refractivity contribution in [3.63, 3.8) is 0 Å². The second kappa shape index (κ2) is 7.04. The SMILES string of the molecule is CCCNc1cnc(C(=O)Nc2cccc(Cl)c2C)cn1. The van der Waals surface area contributed by atoms with E-state index in [2.05, 4.69) is 27.5 Å². The van der Waals surface area contributed by atoms with Crippen molar-refractivity contribution < 1.29 is 4.79 Å². The summed E-state index contributed by atoms with van der Waals surface area (Å²) in [6, 6.07) is 5.36. The third kappa shape index (κ3) is 3.92. The molecule has 110 valence electrons. The van der Waals surface area contributed by atoms with Crippen LogP contribution in [0, 0.1) is 6.92 Å². The molecule has 0 unspecified atom stereocenters. The number of amides is 1. The highest BCUT2D eigenvalue weighted by atomic mass is 35.5. The first-order valence-electron chi connectivity index (χ1n) is 6.74. The van der Waals surface area contributed by atoms with E-state index in [1.54, 1.807) is 24.4 Å². The number of carbonyl (C=O) groups excluding carboxylic acids is 1. The van der Waals surface area contributed by atoms with Gasteiger partial charge in [-0.05, 0) is 31.0 Å². The van der Waals surface area contributed by atoms with Crippen LogP contribution in [0.5, 0.6) is 0 Å². The number of halogens is 1. The molecular weight excluding hydrogens is 288 g/mol. The zero-order chi connectivity index (χ0) is 15.2. The van der Waals surface area contributed by atoms with Gasteiger partial charge in [-0.2, -0.15) is 0 Å². The lowest BCUT2D eigenvalue weighted by Gasteiger charge is -2.09. The Bertz CT molecular complexity index is 628. The van der Waals surface area contributed by atoms with Gasteiger partial charge in [0.1, 0.15) is 11.5 Å². The van der Waals surface area contributed by atoms with Crippen molar-refractivity contribution in [2.75, 3.05) is 17.2 Å². The molecule has 2 N–H and O–H groups in total. The fourth-order valence-electron chi connectivity index (χ4n) is 1.72. The van der Waals surface area contributed by atoms with E-state index in [9.17, 15) is 4.79 Å². The fraction of sp³-hybridized carbons (Fsp3) is 0.267. The van der Waals surface area contributed by atoms with Gasteiger partial charge in [0.25, 0.3) is 5.91 Å².